The smallest absolute Gasteiger partial charge is 0.159 e. The second kappa shape index (κ2) is 10.6. The van der Waals surface area contributed by atoms with Crippen LogP contribution in [0, 0.1) is 0 Å². The molecule has 0 atom stereocenters. The largest absolute Gasteiger partial charge is 0.453 e. The Hall–Kier alpha value is -5.86. The van der Waals surface area contributed by atoms with Gasteiger partial charge in [0.05, 0.1) is 5.69 Å². The molecule has 47 heavy (non-hydrogen) atoms. The summed E-state index contributed by atoms with van der Waals surface area (Å²) < 4.78 is 7.09. The first-order chi connectivity index (χ1) is 23.1. The van der Waals surface area contributed by atoms with E-state index in [0.717, 1.165) is 39.0 Å². The summed E-state index contributed by atoms with van der Waals surface area (Å²) in [6.07, 6.45) is 0. The van der Waals surface area contributed by atoms with Crippen LogP contribution in [0.25, 0.3) is 55.3 Å². The number of rotatable bonds is 5. The van der Waals surface area contributed by atoms with Gasteiger partial charge in [-0.3, -0.25) is 0 Å². The first-order valence-electron chi connectivity index (χ1n) is 16.3. The molecule has 0 bridgehead atoms. The number of fused-ring (bicyclic) bond motifs is 7. The quantitative estimate of drug-likeness (QED) is 0.195. The minimum absolute atomic E-state index is 0.0935. The van der Waals surface area contributed by atoms with E-state index in [4.69, 9.17) is 4.42 Å². The van der Waals surface area contributed by atoms with Gasteiger partial charge >= 0.3 is 0 Å². The minimum Gasteiger partial charge on any atom is -0.453 e. The van der Waals surface area contributed by atoms with Crippen LogP contribution in [0.15, 0.2) is 168 Å². The lowest BCUT2D eigenvalue weighted by molar-refractivity contribution is 0.653. The van der Waals surface area contributed by atoms with Crippen LogP contribution in [0.3, 0.4) is 0 Å². The maximum atomic E-state index is 7.09. The van der Waals surface area contributed by atoms with Crippen LogP contribution in [0.5, 0.6) is 0 Å². The van der Waals surface area contributed by atoms with Crippen molar-refractivity contribution in [2.45, 2.75) is 19.3 Å². The van der Waals surface area contributed by atoms with Crippen molar-refractivity contribution in [3.05, 3.63) is 175 Å². The maximum Gasteiger partial charge on any atom is 0.159 e. The molecule has 8 aromatic rings. The van der Waals surface area contributed by atoms with Crippen molar-refractivity contribution in [3.8, 4) is 33.4 Å². The highest BCUT2D eigenvalue weighted by molar-refractivity contribution is 6.15. The van der Waals surface area contributed by atoms with Gasteiger partial charge in [-0.15, -0.1) is 0 Å². The van der Waals surface area contributed by atoms with Gasteiger partial charge in [0.25, 0.3) is 0 Å². The lowest BCUT2D eigenvalue weighted by atomic mass is 9.82. The molecular weight excluding hydrogens is 571 g/mol. The summed E-state index contributed by atoms with van der Waals surface area (Å²) in [6.45, 7) is 4.64. The molecule has 0 aliphatic heterocycles. The Labute approximate surface area is 275 Å². The van der Waals surface area contributed by atoms with E-state index in [0.29, 0.717) is 0 Å². The summed E-state index contributed by atoms with van der Waals surface area (Å²) in [4.78, 5) is 2.35. The average Bonchev–Trinajstić information content (AvgIpc) is 3.62. The third kappa shape index (κ3) is 4.33. The van der Waals surface area contributed by atoms with E-state index >= 15 is 0 Å². The second-order valence-corrected chi connectivity index (χ2v) is 13.0. The van der Waals surface area contributed by atoms with Crippen LogP contribution in [0.1, 0.15) is 25.0 Å². The fraction of sp³-hybridized carbons (Fsp3) is 0.0667. The molecule has 9 rings (SSSR count). The molecule has 1 aliphatic carbocycles. The number of benzene rings is 7. The van der Waals surface area contributed by atoms with Crippen molar-refractivity contribution in [1.29, 1.82) is 0 Å². The van der Waals surface area contributed by atoms with Crippen molar-refractivity contribution in [2.75, 3.05) is 4.90 Å². The third-order valence-electron chi connectivity index (χ3n) is 9.85. The van der Waals surface area contributed by atoms with Gasteiger partial charge in [-0.05, 0) is 69.3 Å². The Balaban J connectivity index is 1.30. The molecule has 2 heteroatoms. The third-order valence-corrected chi connectivity index (χ3v) is 9.85. The number of para-hydroxylation sites is 1. The molecular formula is C45H33NO. The Bertz CT molecular complexity index is 2350. The molecule has 1 aromatic heterocycles. The Morgan fingerprint density at radius 1 is 0.447 bits per heavy atom. The Kier molecular flexibility index (Phi) is 6.20. The molecule has 0 spiro atoms. The summed E-state index contributed by atoms with van der Waals surface area (Å²) in [5.41, 5.74) is 14.7. The number of hydrogen-bond donors (Lipinski definition) is 0. The van der Waals surface area contributed by atoms with E-state index in [1.54, 1.807) is 0 Å². The monoisotopic (exact) mass is 603 g/mol. The van der Waals surface area contributed by atoms with Gasteiger partial charge in [-0.2, -0.15) is 0 Å². The molecule has 1 aliphatic rings. The van der Waals surface area contributed by atoms with Gasteiger partial charge in [0.15, 0.2) is 5.58 Å². The SMILES string of the molecule is CC1(C)c2ccccc2-c2c1ccc1c2oc2c(N(c3cccc(-c4ccccc4)c3)c3cccc(-c4ccccc4)c3)cccc21. The first-order valence-corrected chi connectivity index (χ1v) is 16.3. The predicted molar refractivity (Wildman–Crippen MR) is 197 cm³/mol. The summed E-state index contributed by atoms with van der Waals surface area (Å²) >= 11 is 0. The van der Waals surface area contributed by atoms with Gasteiger partial charge in [0, 0.05) is 33.1 Å². The van der Waals surface area contributed by atoms with Crippen molar-refractivity contribution >= 4 is 39.0 Å². The van der Waals surface area contributed by atoms with Gasteiger partial charge in [0.2, 0.25) is 0 Å². The van der Waals surface area contributed by atoms with E-state index in [1.165, 1.54) is 44.5 Å². The Morgan fingerprint density at radius 2 is 1.00 bits per heavy atom. The molecule has 0 N–H and O–H groups in total. The van der Waals surface area contributed by atoms with E-state index in [-0.39, 0.29) is 5.41 Å². The number of hydrogen-bond acceptors (Lipinski definition) is 2. The molecule has 1 heterocycles. The van der Waals surface area contributed by atoms with E-state index < -0.39 is 0 Å². The van der Waals surface area contributed by atoms with E-state index in [9.17, 15) is 0 Å². The molecule has 0 saturated carbocycles. The van der Waals surface area contributed by atoms with Crippen LogP contribution in [0.4, 0.5) is 17.1 Å². The lowest BCUT2D eigenvalue weighted by Gasteiger charge is -2.26. The summed E-state index contributed by atoms with van der Waals surface area (Å²) in [7, 11) is 0. The van der Waals surface area contributed by atoms with Crippen LogP contribution in [-0.4, -0.2) is 0 Å². The standard InChI is InChI=1S/C45H33NO/c1-45(2)39-24-10-9-22-38(39)42-40(45)27-26-37-36-23-13-25-41(43(36)47-44(37)42)46(34-20-11-18-32(28-34)30-14-5-3-6-15-30)35-21-12-19-33(29-35)31-16-7-4-8-17-31/h3-29H,1-2H3. The highest BCUT2D eigenvalue weighted by atomic mass is 16.3. The first kappa shape index (κ1) is 27.5. The lowest BCUT2D eigenvalue weighted by Crippen LogP contribution is -2.14. The van der Waals surface area contributed by atoms with Crippen molar-refractivity contribution < 1.29 is 4.42 Å². The number of furan rings is 1. The van der Waals surface area contributed by atoms with E-state index in [2.05, 4.69) is 183 Å². The highest BCUT2D eigenvalue weighted by Gasteiger charge is 2.37. The molecule has 0 saturated heterocycles. The normalized spacial score (nSPS) is 13.1. The summed E-state index contributed by atoms with van der Waals surface area (Å²) in [5.74, 6) is 0. The van der Waals surface area contributed by atoms with Crippen molar-refractivity contribution in [3.63, 3.8) is 0 Å². The zero-order chi connectivity index (χ0) is 31.5. The topological polar surface area (TPSA) is 16.4 Å². The second-order valence-electron chi connectivity index (χ2n) is 13.0. The molecule has 0 amide bonds. The van der Waals surface area contributed by atoms with Gasteiger partial charge in [-0.1, -0.05) is 147 Å². The molecule has 0 fully saturated rings. The zero-order valence-electron chi connectivity index (χ0n) is 26.4. The summed E-state index contributed by atoms with van der Waals surface area (Å²) in [5, 5.41) is 2.26. The number of anilines is 3. The van der Waals surface area contributed by atoms with Gasteiger partial charge in [-0.25, -0.2) is 0 Å². The Morgan fingerprint density at radius 3 is 1.66 bits per heavy atom. The minimum atomic E-state index is -0.0935. The molecule has 0 radical (unpaired) electrons. The predicted octanol–water partition coefficient (Wildman–Crippen LogP) is 12.7. The molecule has 224 valence electrons. The van der Waals surface area contributed by atoms with Crippen molar-refractivity contribution in [1.82, 2.24) is 0 Å². The van der Waals surface area contributed by atoms with Crippen LogP contribution >= 0.6 is 0 Å². The zero-order valence-corrected chi connectivity index (χ0v) is 26.4. The molecule has 7 aromatic carbocycles. The van der Waals surface area contributed by atoms with Crippen molar-refractivity contribution in [2.24, 2.45) is 0 Å². The average molecular weight is 604 g/mol. The van der Waals surface area contributed by atoms with Gasteiger partial charge < -0.3 is 9.32 Å². The van der Waals surface area contributed by atoms with Crippen LogP contribution < -0.4 is 4.90 Å². The molecule has 2 nitrogen and oxygen atoms in total. The fourth-order valence-electron chi connectivity index (χ4n) is 7.54. The van der Waals surface area contributed by atoms with E-state index in [1.807, 2.05) is 0 Å². The fourth-order valence-corrected chi connectivity index (χ4v) is 7.54. The van der Waals surface area contributed by atoms with Gasteiger partial charge in [0.1, 0.15) is 5.58 Å². The highest BCUT2D eigenvalue weighted by Crippen LogP contribution is 2.53. The maximum absolute atomic E-state index is 7.09. The number of nitrogens with zero attached hydrogens (tertiary/aromatic N) is 1. The molecule has 0 unspecified atom stereocenters. The van der Waals surface area contributed by atoms with Crippen LogP contribution in [0.2, 0.25) is 0 Å². The summed E-state index contributed by atoms with van der Waals surface area (Å²) in [6, 6.07) is 58.7. The van der Waals surface area contributed by atoms with Crippen LogP contribution in [-0.2, 0) is 5.41 Å².